The van der Waals surface area contributed by atoms with E-state index in [9.17, 15) is 9.59 Å². The van der Waals surface area contributed by atoms with Gasteiger partial charge in [-0.1, -0.05) is 0 Å². The fraction of sp³-hybridized carbons (Fsp3) is 0.458. The van der Waals surface area contributed by atoms with Gasteiger partial charge in [0.15, 0.2) is 5.78 Å². The molecule has 4 fully saturated rings. The molecule has 4 nitrogen and oxygen atoms in total. The number of carbonyl (C=O) groups excluding carboxylic acids is 2. The second kappa shape index (κ2) is 6.54. The number of ketones is 1. The van der Waals surface area contributed by atoms with Crippen molar-refractivity contribution in [3.63, 3.8) is 0 Å². The molecule has 28 heavy (non-hydrogen) atoms. The largest absolute Gasteiger partial charge is 0.322 e. The van der Waals surface area contributed by atoms with Crippen LogP contribution in [0.3, 0.4) is 0 Å². The first-order chi connectivity index (χ1) is 13.5. The molecular weight excluding hydrogens is 348 g/mol. The Hall–Kier alpha value is -2.49. The fourth-order valence-corrected chi connectivity index (χ4v) is 6.28. The van der Waals surface area contributed by atoms with Gasteiger partial charge < -0.3 is 5.32 Å². The summed E-state index contributed by atoms with van der Waals surface area (Å²) in [6, 6.07) is 10.8. The number of carbonyl (C=O) groups is 2. The number of hydrogen-bond acceptors (Lipinski definition) is 3. The molecule has 1 N–H and O–H groups in total. The van der Waals surface area contributed by atoms with Crippen molar-refractivity contribution in [3.8, 4) is 0 Å². The van der Waals surface area contributed by atoms with Gasteiger partial charge in [0.05, 0.1) is 0 Å². The second-order valence-electron chi connectivity index (χ2n) is 9.22. The Morgan fingerprint density at radius 1 is 0.929 bits per heavy atom. The zero-order valence-corrected chi connectivity index (χ0v) is 16.3. The van der Waals surface area contributed by atoms with Crippen LogP contribution >= 0.6 is 0 Å². The normalized spacial score (nSPS) is 30.2. The number of pyridine rings is 1. The number of aromatic nitrogens is 1. The van der Waals surface area contributed by atoms with Crippen molar-refractivity contribution < 1.29 is 9.59 Å². The smallest absolute Gasteiger partial charge is 0.255 e. The van der Waals surface area contributed by atoms with E-state index in [0.29, 0.717) is 16.8 Å². The van der Waals surface area contributed by atoms with E-state index < -0.39 is 0 Å². The summed E-state index contributed by atoms with van der Waals surface area (Å²) in [5, 5.41) is 2.95. The topological polar surface area (TPSA) is 59.1 Å². The van der Waals surface area contributed by atoms with Crippen molar-refractivity contribution >= 4 is 17.4 Å². The molecule has 2 aromatic rings. The lowest BCUT2D eigenvalue weighted by atomic mass is 9.48. The van der Waals surface area contributed by atoms with E-state index in [4.69, 9.17) is 4.98 Å². The molecule has 0 atom stereocenters. The second-order valence-corrected chi connectivity index (χ2v) is 9.22. The van der Waals surface area contributed by atoms with Crippen LogP contribution in [0.1, 0.15) is 71.9 Å². The summed E-state index contributed by atoms with van der Waals surface area (Å²) in [5.41, 5.74) is 3.31. The zero-order chi connectivity index (χ0) is 19.3. The molecule has 0 unspecified atom stereocenters. The monoisotopic (exact) mass is 374 g/mol. The predicted molar refractivity (Wildman–Crippen MR) is 108 cm³/mol. The summed E-state index contributed by atoms with van der Waals surface area (Å²) < 4.78 is 0. The Kier molecular flexibility index (Phi) is 4.11. The molecule has 4 bridgehead atoms. The summed E-state index contributed by atoms with van der Waals surface area (Å²) in [6.07, 6.45) is 9.71. The maximum absolute atomic E-state index is 12.8. The van der Waals surface area contributed by atoms with Gasteiger partial charge in [-0.05, 0) is 99.6 Å². The van der Waals surface area contributed by atoms with Gasteiger partial charge in [-0.25, -0.2) is 0 Å². The number of nitrogens with zero attached hydrogens (tertiary/aromatic N) is 1. The molecule has 1 aromatic carbocycles. The molecule has 0 spiro atoms. The highest BCUT2D eigenvalue weighted by atomic mass is 16.1. The van der Waals surface area contributed by atoms with Crippen LogP contribution in [0.2, 0.25) is 0 Å². The summed E-state index contributed by atoms with van der Waals surface area (Å²) in [5.74, 6) is 2.46. The van der Waals surface area contributed by atoms with Gasteiger partial charge in [-0.15, -0.1) is 0 Å². The molecule has 1 aromatic heterocycles. The molecule has 0 radical (unpaired) electrons. The summed E-state index contributed by atoms with van der Waals surface area (Å²) in [6.45, 7) is 1.54. The molecule has 6 rings (SSSR count). The average Bonchev–Trinajstić information content (AvgIpc) is 2.67. The maximum atomic E-state index is 12.8. The lowest BCUT2D eigenvalue weighted by molar-refractivity contribution is -0.00721. The molecule has 4 aliphatic rings. The van der Waals surface area contributed by atoms with E-state index >= 15 is 0 Å². The molecule has 144 valence electrons. The first-order valence-corrected chi connectivity index (χ1v) is 10.4. The molecular formula is C24H26N2O2. The SMILES string of the molecule is CC(=O)c1ccc(NC(=O)c2ccnc(C34CC5CC(CC(C5)C3)C4)c2)cc1. The number of anilines is 1. The first kappa shape index (κ1) is 17.6. The van der Waals surface area contributed by atoms with E-state index in [2.05, 4.69) is 5.32 Å². The standard InChI is InChI=1S/C24H26N2O2/c1-15(27)19-2-4-21(5-3-19)26-23(28)20-6-7-25-22(11-20)24-12-16-8-17(13-24)10-18(9-16)14-24/h2-7,11,16-18H,8-10,12-14H2,1H3,(H,26,28). The number of Topliss-reactive ketones (excluding diaryl/α,β-unsaturated/α-hetero) is 1. The van der Waals surface area contributed by atoms with E-state index in [1.807, 2.05) is 6.07 Å². The summed E-state index contributed by atoms with van der Waals surface area (Å²) in [4.78, 5) is 28.9. The van der Waals surface area contributed by atoms with Crippen molar-refractivity contribution in [2.75, 3.05) is 5.32 Å². The molecule has 1 amide bonds. The Morgan fingerprint density at radius 3 is 2.11 bits per heavy atom. The van der Waals surface area contributed by atoms with E-state index in [-0.39, 0.29) is 17.1 Å². The van der Waals surface area contributed by atoms with Gasteiger partial charge >= 0.3 is 0 Å². The molecule has 4 aliphatic carbocycles. The van der Waals surface area contributed by atoms with Crippen LogP contribution in [0.4, 0.5) is 5.69 Å². The highest BCUT2D eigenvalue weighted by molar-refractivity contribution is 6.04. The molecule has 0 aliphatic heterocycles. The van der Waals surface area contributed by atoms with Gasteiger partial charge in [0.1, 0.15) is 0 Å². The predicted octanol–water partition coefficient (Wildman–Crippen LogP) is 5.00. The van der Waals surface area contributed by atoms with Gasteiger partial charge in [-0.2, -0.15) is 0 Å². The van der Waals surface area contributed by atoms with Gasteiger partial charge in [0, 0.05) is 34.1 Å². The quantitative estimate of drug-likeness (QED) is 0.766. The Labute approximate surface area is 165 Å². The third-order valence-electron chi connectivity index (χ3n) is 7.15. The average molecular weight is 374 g/mol. The Balaban J connectivity index is 1.37. The van der Waals surface area contributed by atoms with Crippen molar-refractivity contribution in [1.29, 1.82) is 0 Å². The van der Waals surface area contributed by atoms with Crippen LogP contribution in [0.15, 0.2) is 42.6 Å². The Morgan fingerprint density at radius 2 is 1.54 bits per heavy atom. The number of rotatable bonds is 4. The van der Waals surface area contributed by atoms with Crippen LogP contribution in [0.5, 0.6) is 0 Å². The molecule has 4 saturated carbocycles. The van der Waals surface area contributed by atoms with E-state index in [1.165, 1.54) is 45.4 Å². The minimum atomic E-state index is -0.121. The van der Waals surface area contributed by atoms with Crippen LogP contribution < -0.4 is 5.32 Å². The van der Waals surface area contributed by atoms with E-state index in [0.717, 1.165) is 23.4 Å². The first-order valence-electron chi connectivity index (χ1n) is 10.4. The lowest BCUT2D eigenvalue weighted by Gasteiger charge is -2.56. The van der Waals surface area contributed by atoms with Crippen LogP contribution in [-0.4, -0.2) is 16.7 Å². The highest BCUT2D eigenvalue weighted by Gasteiger charge is 2.52. The summed E-state index contributed by atoms with van der Waals surface area (Å²) in [7, 11) is 0. The van der Waals surface area contributed by atoms with Gasteiger partial charge in [-0.3, -0.25) is 14.6 Å². The molecule has 4 heteroatoms. The van der Waals surface area contributed by atoms with Crippen molar-refractivity contribution in [2.24, 2.45) is 17.8 Å². The lowest BCUT2D eigenvalue weighted by Crippen LogP contribution is -2.49. The van der Waals surface area contributed by atoms with Crippen LogP contribution in [0.25, 0.3) is 0 Å². The van der Waals surface area contributed by atoms with Crippen LogP contribution in [0, 0.1) is 17.8 Å². The maximum Gasteiger partial charge on any atom is 0.255 e. The third kappa shape index (κ3) is 3.05. The number of nitrogens with one attached hydrogen (secondary N) is 1. The van der Waals surface area contributed by atoms with Gasteiger partial charge in [0.2, 0.25) is 0 Å². The summed E-state index contributed by atoms with van der Waals surface area (Å²) >= 11 is 0. The van der Waals surface area contributed by atoms with Crippen LogP contribution in [-0.2, 0) is 5.41 Å². The van der Waals surface area contributed by atoms with Crippen molar-refractivity contribution in [3.05, 3.63) is 59.4 Å². The fourth-order valence-electron chi connectivity index (χ4n) is 6.28. The highest BCUT2D eigenvalue weighted by Crippen LogP contribution is 2.60. The minimum absolute atomic E-state index is 0.0206. The van der Waals surface area contributed by atoms with Gasteiger partial charge in [0.25, 0.3) is 5.91 Å². The third-order valence-corrected chi connectivity index (χ3v) is 7.15. The zero-order valence-electron chi connectivity index (χ0n) is 16.3. The minimum Gasteiger partial charge on any atom is -0.322 e. The Bertz CT molecular complexity index is 897. The van der Waals surface area contributed by atoms with Crippen molar-refractivity contribution in [2.45, 2.75) is 50.9 Å². The van der Waals surface area contributed by atoms with Crippen molar-refractivity contribution in [1.82, 2.24) is 4.98 Å². The molecule has 1 heterocycles. The number of benzene rings is 1. The van der Waals surface area contributed by atoms with E-state index in [1.54, 1.807) is 36.5 Å². The number of hydrogen-bond donors (Lipinski definition) is 1. The number of amides is 1. The molecule has 0 saturated heterocycles.